The van der Waals surface area contributed by atoms with Crippen molar-refractivity contribution in [3.05, 3.63) is 132 Å². The molecule has 2 saturated heterocycles. The van der Waals surface area contributed by atoms with Crippen LogP contribution in [0.15, 0.2) is 109 Å². The van der Waals surface area contributed by atoms with Crippen molar-refractivity contribution in [1.82, 2.24) is 19.8 Å². The van der Waals surface area contributed by atoms with Crippen LogP contribution in [0.25, 0.3) is 21.8 Å². The largest absolute Gasteiger partial charge is 1.00 e. The molecule has 1 amide bonds. The maximum absolute atomic E-state index is 12.8. The van der Waals surface area contributed by atoms with Crippen molar-refractivity contribution in [1.29, 1.82) is 0 Å². The number of aryl methyl sites for hydroxylation is 2. The van der Waals surface area contributed by atoms with Crippen molar-refractivity contribution in [2.24, 2.45) is 23.7 Å². The molecule has 4 aliphatic rings. The number of nitrogens with one attached hydrogen (secondary N) is 4. The quantitative estimate of drug-likeness (QED) is 0.131. The first-order valence-electron chi connectivity index (χ1n) is 21.4. The molecule has 15 heteroatoms. The van der Waals surface area contributed by atoms with Crippen molar-refractivity contribution in [3.8, 4) is 0 Å². The summed E-state index contributed by atoms with van der Waals surface area (Å²) in [6.45, 7) is 9.53. The number of aromatic nitrogens is 2. The summed E-state index contributed by atoms with van der Waals surface area (Å²) in [6, 6.07) is 32.3. The van der Waals surface area contributed by atoms with Gasteiger partial charge in [-0.3, -0.25) is 14.2 Å². The van der Waals surface area contributed by atoms with Gasteiger partial charge in [0.05, 0.1) is 12.5 Å². The Morgan fingerprint density at radius 1 is 0.667 bits per heavy atom. The first kappa shape index (κ1) is 47.0. The number of amides is 1. The fraction of sp³-hybridized carbons (Fsp3) is 0.396. The average molecular weight is 899 g/mol. The maximum atomic E-state index is 12.8. The van der Waals surface area contributed by atoms with Gasteiger partial charge in [0.15, 0.2) is 17.4 Å². The number of rotatable bonds is 13. The molecule has 6 aromatic rings. The molecule has 63 heavy (non-hydrogen) atoms. The number of para-hydroxylation sites is 2. The monoisotopic (exact) mass is 898 g/mol. The number of H-pyrrole nitrogens is 2. The molecule has 4 unspecified atom stereocenters. The molecular formula is C48H60AlLiN6O5S2. The van der Waals surface area contributed by atoms with E-state index in [9.17, 15) is 21.6 Å². The number of hydrogen-bond donors (Lipinski definition) is 4. The standard InChI is InChI=1S/C24H27N3O3S.C24H29N3O2S.Al.Li.4H/c1-24(17-6-5-7-18(12-17)26-31(2,29)30)20-14-27(15-21(20)24)23(28)11-10-16-13-25-22-9-4-3-8-19(16)22;1-24(18-8-5-9-19(13-18)26-30(2,28)29)21-15-27(16-22(21)24)12-6-7-17-14-25-23-11-4-3-10-20(17)23;;;;;;/h3-9,12-13,20-21,25-26H,10-11,14-15H2,1-2H3;3-5,8-11,13-14,21-22,25-26H,6-7,12,15-16H2,1-2H3;;;;;;/q;;;+1;;;;-1. The predicted octanol–water partition coefficient (Wildman–Crippen LogP) is 3.44. The number of likely N-dealkylation sites (tertiary alicyclic amines) is 2. The second-order valence-electron chi connectivity index (χ2n) is 18.3. The molecule has 2 saturated carbocycles. The van der Waals surface area contributed by atoms with Gasteiger partial charge in [0, 0.05) is 89.0 Å². The molecule has 0 spiro atoms. The first-order valence-corrected chi connectivity index (χ1v) is 25.2. The van der Waals surface area contributed by atoms with E-state index in [1.54, 1.807) is 6.07 Å². The zero-order chi connectivity index (χ0) is 42.7. The number of sulfonamides is 2. The summed E-state index contributed by atoms with van der Waals surface area (Å²) < 4.78 is 51.4. The summed E-state index contributed by atoms with van der Waals surface area (Å²) in [6.07, 6.45) is 10.1. The van der Waals surface area contributed by atoms with E-state index in [1.807, 2.05) is 53.6 Å². The summed E-state index contributed by atoms with van der Waals surface area (Å²) in [5, 5.41) is 2.53. The molecule has 4 fully saturated rings. The Kier molecular flexibility index (Phi) is 13.5. The summed E-state index contributed by atoms with van der Waals surface area (Å²) >= 11 is 0. The van der Waals surface area contributed by atoms with E-state index >= 15 is 0 Å². The molecule has 11 nitrogen and oxygen atoms in total. The van der Waals surface area contributed by atoms with E-state index in [0.29, 0.717) is 41.5 Å². The summed E-state index contributed by atoms with van der Waals surface area (Å²) in [7, 11) is -6.55. The molecule has 2 aliphatic carbocycles. The van der Waals surface area contributed by atoms with Crippen molar-refractivity contribution >= 4 is 76.5 Å². The van der Waals surface area contributed by atoms with Gasteiger partial charge in [0.2, 0.25) is 26.0 Å². The number of carbonyl (C=O) groups excluding carboxylic acids is 1. The van der Waals surface area contributed by atoms with Gasteiger partial charge in [-0.05, 0) is 108 Å². The third-order valence-corrected chi connectivity index (χ3v) is 15.6. The van der Waals surface area contributed by atoms with Gasteiger partial charge in [-0.1, -0.05) is 74.5 Å². The molecule has 4 atom stereocenters. The van der Waals surface area contributed by atoms with Crippen molar-refractivity contribution in [3.63, 3.8) is 0 Å². The Labute approximate surface area is 396 Å². The molecule has 4 N–H and O–H groups in total. The Balaban J connectivity index is 0.000000203. The molecule has 0 bridgehead atoms. The molecular weight excluding hydrogens is 839 g/mol. The number of anilines is 2. The molecule has 4 heterocycles. The van der Waals surface area contributed by atoms with Crippen LogP contribution >= 0.6 is 0 Å². The fourth-order valence-electron chi connectivity index (χ4n) is 10.9. The number of aromatic amines is 2. The molecule has 2 aliphatic heterocycles. The van der Waals surface area contributed by atoms with Crippen LogP contribution in [0.5, 0.6) is 0 Å². The predicted molar refractivity (Wildman–Crippen MR) is 256 cm³/mol. The van der Waals surface area contributed by atoms with E-state index in [1.165, 1.54) is 45.7 Å². The Hall–Kier alpha value is -3.98. The fourth-order valence-corrected chi connectivity index (χ4v) is 12.0. The van der Waals surface area contributed by atoms with Crippen molar-refractivity contribution in [2.45, 2.75) is 50.4 Å². The number of carbonyl (C=O) groups is 1. The SMILES string of the molecule is CC1(c2cccc(NS(C)(=O)=O)c2)C2CN(C(=O)CCc3c[nH]c4ccccc34)CC21.CC1(c2cccc(NS(C)(=O)=O)c2)C2CN(CCCc3c[nH]c4ccccc34)CC21.[AlH3].[H-].[Li+]. The van der Waals surface area contributed by atoms with Gasteiger partial charge >= 0.3 is 18.9 Å². The number of fused-ring (bicyclic) bond motifs is 4. The maximum Gasteiger partial charge on any atom is 1.00 e. The van der Waals surface area contributed by atoms with Crippen LogP contribution < -0.4 is 28.3 Å². The molecule has 4 aromatic carbocycles. The van der Waals surface area contributed by atoms with E-state index in [-0.39, 0.29) is 54.4 Å². The number of nitrogens with zero attached hydrogens (tertiary/aromatic N) is 2. The third kappa shape index (κ3) is 9.70. The van der Waals surface area contributed by atoms with Gasteiger partial charge in [0.25, 0.3) is 0 Å². The molecule has 0 radical (unpaired) electrons. The molecule has 10 rings (SSSR count). The minimum atomic E-state index is -3.30. The third-order valence-electron chi connectivity index (χ3n) is 14.4. The Morgan fingerprint density at radius 2 is 1.11 bits per heavy atom. The summed E-state index contributed by atoms with van der Waals surface area (Å²) in [5.41, 5.74) is 8.75. The van der Waals surface area contributed by atoms with Crippen LogP contribution in [0.4, 0.5) is 11.4 Å². The van der Waals surface area contributed by atoms with Crippen LogP contribution in [0.3, 0.4) is 0 Å². The van der Waals surface area contributed by atoms with E-state index in [4.69, 9.17) is 0 Å². The van der Waals surface area contributed by atoms with Gasteiger partial charge in [0.1, 0.15) is 0 Å². The minimum absolute atomic E-state index is 0. The van der Waals surface area contributed by atoms with Crippen LogP contribution in [0.1, 0.15) is 50.4 Å². The minimum Gasteiger partial charge on any atom is -1.00 e. The summed E-state index contributed by atoms with van der Waals surface area (Å²) in [4.78, 5) is 24.1. The zero-order valence-corrected chi connectivity index (χ0v) is 38.0. The van der Waals surface area contributed by atoms with Crippen LogP contribution in [0.2, 0.25) is 0 Å². The van der Waals surface area contributed by atoms with Crippen LogP contribution in [-0.4, -0.2) is 105 Å². The molecule has 328 valence electrons. The number of benzene rings is 4. The zero-order valence-electron chi connectivity index (χ0n) is 37.3. The van der Waals surface area contributed by atoms with Gasteiger partial charge in [-0.25, -0.2) is 16.8 Å². The van der Waals surface area contributed by atoms with Crippen molar-refractivity contribution in [2.75, 3.05) is 54.7 Å². The summed E-state index contributed by atoms with van der Waals surface area (Å²) in [5.74, 6) is 2.40. The topological polar surface area (TPSA) is 147 Å². The Bertz CT molecular complexity index is 2830. The number of piperidine rings is 2. The number of hydrogen-bond acceptors (Lipinski definition) is 6. The normalized spacial score (nSPS) is 24.7. The van der Waals surface area contributed by atoms with Gasteiger partial charge in [-0.2, -0.15) is 0 Å². The van der Waals surface area contributed by atoms with Crippen molar-refractivity contribution < 1.29 is 41.9 Å². The smallest absolute Gasteiger partial charge is 1.00 e. The average Bonchev–Trinajstić information content (AvgIpc) is 3.69. The molecule has 2 aromatic heterocycles. The van der Waals surface area contributed by atoms with Gasteiger partial charge in [-0.15, -0.1) is 0 Å². The van der Waals surface area contributed by atoms with E-state index in [0.717, 1.165) is 62.9 Å². The second kappa shape index (κ2) is 18.1. The van der Waals surface area contributed by atoms with E-state index in [2.05, 4.69) is 92.9 Å². The first-order chi connectivity index (χ1) is 29.1. The van der Waals surface area contributed by atoms with Crippen LogP contribution in [0, 0.1) is 23.7 Å². The van der Waals surface area contributed by atoms with Crippen LogP contribution in [-0.2, 0) is 48.5 Å². The Morgan fingerprint density at radius 3 is 1.59 bits per heavy atom. The van der Waals surface area contributed by atoms with Gasteiger partial charge < -0.3 is 21.2 Å². The van der Waals surface area contributed by atoms with E-state index < -0.39 is 20.0 Å². The second-order valence-corrected chi connectivity index (χ2v) is 21.8.